The monoisotopic (exact) mass is 180 g/mol. The largest absolute Gasteiger partial charge is 0.358 e. The number of hydrogen-bond acceptors (Lipinski definition) is 2. The molecule has 3 nitrogen and oxygen atoms in total. The van der Waals surface area contributed by atoms with Crippen molar-refractivity contribution in [1.82, 2.24) is 10.2 Å². The number of amides is 1. The lowest BCUT2D eigenvalue weighted by Gasteiger charge is -2.32. The molecule has 0 saturated carbocycles. The number of likely N-dealkylation sites (N-methyl/N-ethyl adjacent to an activating group) is 1. The highest BCUT2D eigenvalue weighted by Gasteiger charge is 2.26. The highest BCUT2D eigenvalue weighted by atomic mass is 16.2. The zero-order chi connectivity index (χ0) is 9.68. The fourth-order valence-electron chi connectivity index (χ4n) is 1.76. The van der Waals surface area contributed by atoms with Crippen molar-refractivity contribution in [2.45, 2.75) is 25.3 Å². The first-order valence-electron chi connectivity index (χ1n) is 4.68. The third kappa shape index (κ3) is 2.46. The Balaban J connectivity index is 2.57. The second kappa shape index (κ2) is 4.88. The smallest absolute Gasteiger partial charge is 0.237 e. The molecule has 0 bridgehead atoms. The van der Waals surface area contributed by atoms with Crippen LogP contribution < -0.4 is 5.32 Å². The standard InChI is InChI=1S/C10H16N2O/c1-3-7-12-8-5-4-6-9(12)10(13)11-2/h1,9H,4-8H2,2H3,(H,11,13)/t9-/m1/s1. The van der Waals surface area contributed by atoms with Crippen LogP contribution in [0.4, 0.5) is 0 Å². The van der Waals surface area contributed by atoms with E-state index in [1.165, 1.54) is 0 Å². The van der Waals surface area contributed by atoms with Crippen LogP contribution in [0.1, 0.15) is 19.3 Å². The van der Waals surface area contributed by atoms with Gasteiger partial charge in [-0.3, -0.25) is 9.69 Å². The number of carbonyl (C=O) groups excluding carboxylic acids is 1. The van der Waals surface area contributed by atoms with Crippen molar-refractivity contribution in [3.05, 3.63) is 0 Å². The van der Waals surface area contributed by atoms with Gasteiger partial charge in [0.1, 0.15) is 0 Å². The van der Waals surface area contributed by atoms with Gasteiger partial charge in [0.05, 0.1) is 12.6 Å². The summed E-state index contributed by atoms with van der Waals surface area (Å²) >= 11 is 0. The summed E-state index contributed by atoms with van der Waals surface area (Å²) in [7, 11) is 1.67. The molecule has 0 aliphatic carbocycles. The molecule has 1 heterocycles. The second-order valence-corrected chi connectivity index (χ2v) is 3.30. The van der Waals surface area contributed by atoms with Gasteiger partial charge >= 0.3 is 0 Å². The summed E-state index contributed by atoms with van der Waals surface area (Å²) in [5, 5.41) is 2.67. The number of likely N-dealkylation sites (tertiary alicyclic amines) is 1. The first-order chi connectivity index (χ1) is 6.29. The highest BCUT2D eigenvalue weighted by Crippen LogP contribution is 2.16. The SMILES string of the molecule is C#CCN1CCCC[C@@H]1C(=O)NC. The lowest BCUT2D eigenvalue weighted by molar-refractivity contribution is -0.126. The molecule has 3 heteroatoms. The van der Waals surface area contributed by atoms with Crippen LogP contribution in [0.3, 0.4) is 0 Å². The average Bonchev–Trinajstić information content (AvgIpc) is 2.18. The number of nitrogens with zero attached hydrogens (tertiary/aromatic N) is 1. The summed E-state index contributed by atoms with van der Waals surface area (Å²) in [5.41, 5.74) is 0. The van der Waals surface area contributed by atoms with Crippen LogP contribution in [0.25, 0.3) is 0 Å². The van der Waals surface area contributed by atoms with Gasteiger partial charge in [-0.05, 0) is 19.4 Å². The number of rotatable bonds is 2. The fraction of sp³-hybridized carbons (Fsp3) is 0.700. The molecule has 0 spiro atoms. The Labute approximate surface area is 79.5 Å². The van der Waals surface area contributed by atoms with Gasteiger partial charge in [0.25, 0.3) is 0 Å². The van der Waals surface area contributed by atoms with E-state index in [1.54, 1.807) is 7.05 Å². The molecule has 1 atom stereocenters. The van der Waals surface area contributed by atoms with E-state index in [4.69, 9.17) is 6.42 Å². The topological polar surface area (TPSA) is 32.3 Å². The molecule has 0 aromatic heterocycles. The number of hydrogen-bond donors (Lipinski definition) is 1. The van der Waals surface area contributed by atoms with E-state index in [1.807, 2.05) is 0 Å². The van der Waals surface area contributed by atoms with Gasteiger partial charge < -0.3 is 5.32 Å². The normalized spacial score (nSPS) is 23.5. The molecule has 1 amide bonds. The second-order valence-electron chi connectivity index (χ2n) is 3.30. The Morgan fingerprint density at radius 2 is 2.46 bits per heavy atom. The van der Waals surface area contributed by atoms with Gasteiger partial charge in [-0.25, -0.2) is 0 Å². The van der Waals surface area contributed by atoms with Crippen molar-refractivity contribution in [2.75, 3.05) is 20.1 Å². The molecule has 1 aliphatic rings. The molecular formula is C10H16N2O. The number of piperidine rings is 1. The zero-order valence-corrected chi connectivity index (χ0v) is 8.05. The summed E-state index contributed by atoms with van der Waals surface area (Å²) in [6.45, 7) is 1.53. The van der Waals surface area contributed by atoms with Crippen LogP contribution in [0.15, 0.2) is 0 Å². The maximum absolute atomic E-state index is 11.4. The molecule has 0 unspecified atom stereocenters. The van der Waals surface area contributed by atoms with Gasteiger partial charge in [0.2, 0.25) is 5.91 Å². The molecular weight excluding hydrogens is 164 g/mol. The minimum absolute atomic E-state index is 0.00481. The molecule has 1 rings (SSSR count). The predicted octanol–water partition coefficient (Wildman–Crippen LogP) is 0.220. The molecule has 13 heavy (non-hydrogen) atoms. The third-order valence-corrected chi connectivity index (χ3v) is 2.46. The Morgan fingerprint density at radius 1 is 1.69 bits per heavy atom. The van der Waals surface area contributed by atoms with Crippen LogP contribution in [0, 0.1) is 12.3 Å². The maximum atomic E-state index is 11.4. The molecule has 0 aromatic rings. The molecule has 1 N–H and O–H groups in total. The summed E-state index contributed by atoms with van der Waals surface area (Å²) in [6.07, 6.45) is 8.44. The van der Waals surface area contributed by atoms with Gasteiger partial charge in [0.15, 0.2) is 0 Å². The van der Waals surface area contributed by atoms with Crippen LogP contribution in [0.2, 0.25) is 0 Å². The van der Waals surface area contributed by atoms with Gasteiger partial charge in [-0.2, -0.15) is 0 Å². The third-order valence-electron chi connectivity index (χ3n) is 2.46. The van der Waals surface area contributed by atoms with Crippen LogP contribution in [-0.4, -0.2) is 37.0 Å². The molecule has 72 valence electrons. The number of terminal acetylenes is 1. The minimum Gasteiger partial charge on any atom is -0.358 e. The van der Waals surface area contributed by atoms with E-state index >= 15 is 0 Å². The summed E-state index contributed by atoms with van der Waals surface area (Å²) < 4.78 is 0. The van der Waals surface area contributed by atoms with E-state index < -0.39 is 0 Å². The summed E-state index contributed by atoms with van der Waals surface area (Å²) in [5.74, 6) is 2.68. The molecule has 0 radical (unpaired) electrons. The first-order valence-corrected chi connectivity index (χ1v) is 4.68. The summed E-state index contributed by atoms with van der Waals surface area (Å²) in [4.78, 5) is 13.5. The van der Waals surface area contributed by atoms with Crippen molar-refractivity contribution in [3.63, 3.8) is 0 Å². The van der Waals surface area contributed by atoms with Gasteiger partial charge in [-0.15, -0.1) is 6.42 Å². The summed E-state index contributed by atoms with van der Waals surface area (Å²) in [6, 6.07) is -0.00481. The molecule has 0 aromatic carbocycles. The van der Waals surface area contributed by atoms with Gasteiger partial charge in [0, 0.05) is 7.05 Å². The average molecular weight is 180 g/mol. The maximum Gasteiger partial charge on any atom is 0.237 e. The van der Waals surface area contributed by atoms with E-state index in [2.05, 4.69) is 16.1 Å². The van der Waals surface area contributed by atoms with Crippen LogP contribution in [0.5, 0.6) is 0 Å². The van der Waals surface area contributed by atoms with Crippen molar-refractivity contribution >= 4 is 5.91 Å². The van der Waals surface area contributed by atoms with E-state index in [9.17, 15) is 4.79 Å². The lowest BCUT2D eigenvalue weighted by Crippen LogP contribution is -2.48. The van der Waals surface area contributed by atoms with Crippen LogP contribution in [-0.2, 0) is 4.79 Å². The van der Waals surface area contributed by atoms with Crippen molar-refractivity contribution < 1.29 is 4.79 Å². The Hall–Kier alpha value is -1.01. The Morgan fingerprint density at radius 3 is 3.08 bits per heavy atom. The van der Waals surface area contributed by atoms with Gasteiger partial charge in [-0.1, -0.05) is 12.3 Å². The van der Waals surface area contributed by atoms with Crippen molar-refractivity contribution in [2.24, 2.45) is 0 Å². The molecule has 1 saturated heterocycles. The lowest BCUT2D eigenvalue weighted by atomic mass is 10.0. The number of carbonyl (C=O) groups is 1. The predicted molar refractivity (Wildman–Crippen MR) is 52.1 cm³/mol. The zero-order valence-electron chi connectivity index (χ0n) is 8.05. The molecule has 1 fully saturated rings. The van der Waals surface area contributed by atoms with E-state index in [0.717, 1.165) is 25.8 Å². The quantitative estimate of drug-likeness (QED) is 0.617. The molecule has 1 aliphatic heterocycles. The highest BCUT2D eigenvalue weighted by molar-refractivity contribution is 5.81. The van der Waals surface area contributed by atoms with E-state index in [0.29, 0.717) is 6.54 Å². The Kier molecular flexibility index (Phi) is 3.78. The first kappa shape index (κ1) is 10.1. The number of nitrogens with one attached hydrogen (secondary N) is 1. The Bertz CT molecular complexity index is 219. The van der Waals surface area contributed by atoms with Crippen molar-refractivity contribution in [3.8, 4) is 12.3 Å². The van der Waals surface area contributed by atoms with Crippen LogP contribution >= 0.6 is 0 Å². The van der Waals surface area contributed by atoms with Crippen molar-refractivity contribution in [1.29, 1.82) is 0 Å². The minimum atomic E-state index is -0.00481. The van der Waals surface area contributed by atoms with E-state index in [-0.39, 0.29) is 11.9 Å². The fourth-order valence-corrected chi connectivity index (χ4v) is 1.76.